The van der Waals surface area contributed by atoms with Crippen LogP contribution in [-0.4, -0.2) is 24.5 Å². The maximum absolute atomic E-state index is 6.67. The predicted octanol–water partition coefficient (Wildman–Crippen LogP) is 5.01. The third-order valence-corrected chi connectivity index (χ3v) is 6.21. The van der Waals surface area contributed by atoms with Gasteiger partial charge < -0.3 is 9.64 Å². The van der Waals surface area contributed by atoms with Gasteiger partial charge >= 0.3 is 0 Å². The second-order valence-corrected chi connectivity index (χ2v) is 7.73. The molecule has 0 spiro atoms. The van der Waals surface area contributed by atoms with Gasteiger partial charge in [-0.2, -0.15) is 0 Å². The molecule has 2 heteroatoms. The van der Waals surface area contributed by atoms with Gasteiger partial charge in [-0.15, -0.1) is 0 Å². The van der Waals surface area contributed by atoms with Gasteiger partial charge in [-0.05, 0) is 23.6 Å². The number of fused-ring (bicyclic) bond motifs is 3. The largest absolute Gasteiger partial charge is 0.482 e. The van der Waals surface area contributed by atoms with Crippen LogP contribution < -0.4 is 4.74 Å². The minimum Gasteiger partial charge on any atom is -0.482 e. The van der Waals surface area contributed by atoms with E-state index in [9.17, 15) is 0 Å². The van der Waals surface area contributed by atoms with Crippen LogP contribution in [0.4, 0.5) is 0 Å². The summed E-state index contributed by atoms with van der Waals surface area (Å²) in [6, 6.07) is 30.3. The van der Waals surface area contributed by atoms with E-state index in [0.29, 0.717) is 5.92 Å². The van der Waals surface area contributed by atoms with E-state index in [-0.39, 0.29) is 5.60 Å². The first-order valence-corrected chi connectivity index (χ1v) is 9.95. The molecule has 5 rings (SSSR count). The Hall–Kier alpha value is -2.58. The third kappa shape index (κ3) is 2.94. The second-order valence-electron chi connectivity index (χ2n) is 7.73. The molecule has 0 N–H and O–H groups in total. The lowest BCUT2D eigenvalue weighted by Crippen LogP contribution is -2.49. The first kappa shape index (κ1) is 16.6. The molecule has 27 heavy (non-hydrogen) atoms. The van der Waals surface area contributed by atoms with Crippen LogP contribution in [0.25, 0.3) is 0 Å². The Morgan fingerprint density at radius 1 is 0.852 bits per heavy atom. The molecule has 0 aliphatic carbocycles. The molecule has 3 aromatic carbocycles. The zero-order valence-corrected chi connectivity index (χ0v) is 15.6. The van der Waals surface area contributed by atoms with Crippen LogP contribution in [0.5, 0.6) is 5.75 Å². The van der Waals surface area contributed by atoms with E-state index in [2.05, 4.69) is 89.8 Å². The fourth-order valence-corrected chi connectivity index (χ4v) is 4.78. The number of benzene rings is 3. The maximum atomic E-state index is 6.67. The Morgan fingerprint density at radius 3 is 2.37 bits per heavy atom. The molecule has 2 heterocycles. The molecule has 3 aromatic rings. The molecule has 2 aliphatic heterocycles. The summed E-state index contributed by atoms with van der Waals surface area (Å²) >= 11 is 0. The van der Waals surface area contributed by atoms with Crippen molar-refractivity contribution in [3.8, 4) is 5.75 Å². The average Bonchev–Trinajstić information content (AvgIpc) is 3.09. The normalized spacial score (nSPS) is 24.1. The van der Waals surface area contributed by atoms with E-state index in [4.69, 9.17) is 4.74 Å². The van der Waals surface area contributed by atoms with Crippen molar-refractivity contribution in [3.05, 3.63) is 102 Å². The standard InChI is InChI=1S/C25H25NO/c1-3-9-20(10-4-1)15-17-26-18-16-25(21-11-5-2-6-12-21)23(19-26)22-13-7-8-14-24(22)27-25/h1-14,23H,15-19H2. The molecule has 0 aromatic heterocycles. The van der Waals surface area contributed by atoms with E-state index >= 15 is 0 Å². The lowest BCUT2D eigenvalue weighted by molar-refractivity contribution is 0.000174. The summed E-state index contributed by atoms with van der Waals surface area (Å²) in [7, 11) is 0. The van der Waals surface area contributed by atoms with Crippen LogP contribution in [0.15, 0.2) is 84.9 Å². The summed E-state index contributed by atoms with van der Waals surface area (Å²) in [6.45, 7) is 3.23. The van der Waals surface area contributed by atoms with E-state index in [0.717, 1.165) is 38.2 Å². The minimum atomic E-state index is -0.214. The molecular weight excluding hydrogens is 330 g/mol. The Bertz CT molecular complexity index is 908. The molecule has 2 unspecified atom stereocenters. The number of ether oxygens (including phenoxy) is 1. The van der Waals surface area contributed by atoms with Gasteiger partial charge in [0, 0.05) is 37.5 Å². The number of para-hydroxylation sites is 1. The first-order valence-electron chi connectivity index (χ1n) is 9.95. The smallest absolute Gasteiger partial charge is 0.143 e. The Morgan fingerprint density at radius 2 is 1.56 bits per heavy atom. The summed E-state index contributed by atoms with van der Waals surface area (Å²) < 4.78 is 6.67. The highest BCUT2D eigenvalue weighted by molar-refractivity contribution is 5.47. The number of rotatable bonds is 4. The number of likely N-dealkylation sites (tertiary alicyclic amines) is 1. The molecular formula is C25H25NO. The average molecular weight is 355 g/mol. The lowest BCUT2D eigenvalue weighted by atomic mass is 9.74. The fraction of sp³-hybridized carbons (Fsp3) is 0.280. The van der Waals surface area contributed by atoms with Crippen molar-refractivity contribution in [2.75, 3.05) is 19.6 Å². The van der Waals surface area contributed by atoms with Crippen LogP contribution >= 0.6 is 0 Å². The van der Waals surface area contributed by atoms with Gasteiger partial charge in [0.15, 0.2) is 0 Å². The Kier molecular flexibility index (Phi) is 4.21. The summed E-state index contributed by atoms with van der Waals surface area (Å²) in [5, 5.41) is 0. The Balaban J connectivity index is 1.42. The topological polar surface area (TPSA) is 12.5 Å². The third-order valence-electron chi connectivity index (χ3n) is 6.21. The molecule has 0 bridgehead atoms. The van der Waals surface area contributed by atoms with Crippen LogP contribution in [0.1, 0.15) is 29.0 Å². The van der Waals surface area contributed by atoms with Crippen LogP contribution in [0, 0.1) is 0 Å². The number of nitrogens with zero attached hydrogens (tertiary/aromatic N) is 1. The van der Waals surface area contributed by atoms with E-state index in [1.165, 1.54) is 16.7 Å². The van der Waals surface area contributed by atoms with Gasteiger partial charge in [-0.1, -0.05) is 78.9 Å². The van der Waals surface area contributed by atoms with Gasteiger partial charge in [-0.25, -0.2) is 0 Å². The first-order chi connectivity index (χ1) is 13.4. The van der Waals surface area contributed by atoms with Crippen molar-refractivity contribution in [2.24, 2.45) is 0 Å². The zero-order chi connectivity index (χ0) is 18.1. The fourth-order valence-electron chi connectivity index (χ4n) is 4.78. The summed E-state index contributed by atoms with van der Waals surface area (Å²) in [4.78, 5) is 2.62. The van der Waals surface area contributed by atoms with Crippen molar-refractivity contribution in [1.82, 2.24) is 4.90 Å². The highest BCUT2D eigenvalue weighted by Crippen LogP contribution is 2.54. The van der Waals surface area contributed by atoms with Crippen LogP contribution in [0.2, 0.25) is 0 Å². The predicted molar refractivity (Wildman–Crippen MR) is 109 cm³/mol. The van der Waals surface area contributed by atoms with E-state index in [1.54, 1.807) is 0 Å². The van der Waals surface area contributed by atoms with Crippen molar-refractivity contribution in [2.45, 2.75) is 24.4 Å². The monoisotopic (exact) mass is 355 g/mol. The highest BCUT2D eigenvalue weighted by Gasteiger charge is 2.52. The second kappa shape index (κ2) is 6.86. The molecule has 1 saturated heterocycles. The highest BCUT2D eigenvalue weighted by atomic mass is 16.5. The van der Waals surface area contributed by atoms with Crippen molar-refractivity contribution < 1.29 is 4.74 Å². The Labute approximate surface area is 161 Å². The van der Waals surface area contributed by atoms with Gasteiger partial charge in [0.2, 0.25) is 0 Å². The molecule has 2 atom stereocenters. The van der Waals surface area contributed by atoms with E-state index < -0.39 is 0 Å². The molecule has 1 fully saturated rings. The number of piperidine rings is 1. The van der Waals surface area contributed by atoms with Crippen LogP contribution in [0.3, 0.4) is 0 Å². The lowest BCUT2D eigenvalue weighted by Gasteiger charge is -2.43. The molecule has 2 nitrogen and oxygen atoms in total. The molecule has 0 radical (unpaired) electrons. The summed E-state index contributed by atoms with van der Waals surface area (Å²) in [6.07, 6.45) is 2.14. The molecule has 0 saturated carbocycles. The maximum Gasteiger partial charge on any atom is 0.143 e. The number of hydrogen-bond donors (Lipinski definition) is 0. The zero-order valence-electron chi connectivity index (χ0n) is 15.6. The van der Waals surface area contributed by atoms with Crippen LogP contribution in [-0.2, 0) is 12.0 Å². The van der Waals surface area contributed by atoms with Gasteiger partial charge in [0.25, 0.3) is 0 Å². The van der Waals surface area contributed by atoms with Gasteiger partial charge in [0.05, 0.1) is 0 Å². The SMILES string of the molecule is c1ccc(CCN2CCC3(c4ccccc4)Oc4ccccc4C3C2)cc1. The van der Waals surface area contributed by atoms with Gasteiger partial charge in [-0.3, -0.25) is 0 Å². The van der Waals surface area contributed by atoms with Crippen molar-refractivity contribution >= 4 is 0 Å². The van der Waals surface area contributed by atoms with Crippen molar-refractivity contribution in [1.29, 1.82) is 0 Å². The summed E-state index contributed by atoms with van der Waals surface area (Å²) in [5.41, 5.74) is 3.88. The quantitative estimate of drug-likeness (QED) is 0.652. The number of hydrogen-bond acceptors (Lipinski definition) is 2. The molecule has 2 aliphatic rings. The van der Waals surface area contributed by atoms with Crippen molar-refractivity contribution in [3.63, 3.8) is 0 Å². The van der Waals surface area contributed by atoms with Gasteiger partial charge in [0.1, 0.15) is 11.4 Å². The van der Waals surface area contributed by atoms with E-state index in [1.807, 2.05) is 0 Å². The minimum absolute atomic E-state index is 0.214. The molecule has 0 amide bonds. The molecule has 136 valence electrons. The summed E-state index contributed by atoms with van der Waals surface area (Å²) in [5.74, 6) is 1.46.